The van der Waals surface area contributed by atoms with Gasteiger partial charge in [-0.15, -0.1) is 11.6 Å². The summed E-state index contributed by atoms with van der Waals surface area (Å²) in [7, 11) is 0. The van der Waals surface area contributed by atoms with E-state index >= 15 is 0 Å². The van der Waals surface area contributed by atoms with Crippen LogP contribution in [-0.4, -0.2) is 31.5 Å². The van der Waals surface area contributed by atoms with E-state index in [9.17, 15) is 14.4 Å². The van der Waals surface area contributed by atoms with Crippen LogP contribution in [0.3, 0.4) is 0 Å². The Morgan fingerprint density at radius 3 is 1.40 bits per heavy atom. The number of hydrogen-bond donors (Lipinski definition) is 0. The molecule has 3 fully saturated rings. The number of Topliss-reactive ketones (excluding diaryl/α,β-unsaturated/α-hetero) is 3. The van der Waals surface area contributed by atoms with E-state index in [1.807, 2.05) is 0 Å². The molecule has 0 bridgehead atoms. The molecule has 0 saturated heterocycles. The van der Waals surface area contributed by atoms with Gasteiger partial charge in [0.25, 0.3) is 0 Å². The Balaban J connectivity index is 0.000000337. The highest BCUT2D eigenvalue weighted by atomic mass is 127. The minimum Gasteiger partial charge on any atom is -0.300 e. The van der Waals surface area contributed by atoms with Gasteiger partial charge in [-0.05, 0) is 113 Å². The average molecular weight is 822 g/mol. The fourth-order valence-electron chi connectivity index (χ4n) is 7.51. The molecule has 6 atom stereocenters. The highest BCUT2D eigenvalue weighted by molar-refractivity contribution is 14.1. The lowest BCUT2D eigenvalue weighted by Crippen LogP contribution is -2.34. The van der Waals surface area contributed by atoms with Crippen LogP contribution in [0.2, 0.25) is 0 Å². The SMILES string of the molecule is C=C1C(Br)CCC(C)(C)C1CCC(C)=O.C=C1C(Cl)CCC(C)(C)C1CCC(C)=O.C=C1C(I)CCC(C)(C)C1CCC(C)=O. The van der Waals surface area contributed by atoms with Crippen molar-refractivity contribution >= 4 is 67.5 Å². The monoisotopic (exact) mass is 820 g/mol. The highest BCUT2D eigenvalue weighted by Crippen LogP contribution is 2.49. The summed E-state index contributed by atoms with van der Waals surface area (Å²) in [6.07, 6.45) is 11.9. The third kappa shape index (κ3) is 13.6. The van der Waals surface area contributed by atoms with Gasteiger partial charge in [-0.1, -0.05) is 117 Å². The predicted octanol–water partition coefficient (Wildman–Crippen LogP) is 12.2. The molecule has 0 amide bonds. The normalized spacial score (nSPS) is 30.3. The van der Waals surface area contributed by atoms with Gasteiger partial charge in [0.1, 0.15) is 17.3 Å². The van der Waals surface area contributed by atoms with Crippen LogP contribution in [0.25, 0.3) is 0 Å². The maximum atomic E-state index is 11.1. The number of carbonyl (C=O) groups excluding carboxylic acids is 3. The van der Waals surface area contributed by atoms with Crippen LogP contribution in [0.5, 0.6) is 0 Å². The number of rotatable bonds is 9. The molecule has 3 saturated carbocycles. The number of allylic oxidation sites excluding steroid dienone is 3. The molecule has 6 heteroatoms. The van der Waals surface area contributed by atoms with Crippen molar-refractivity contribution in [1.82, 2.24) is 0 Å². The quantitative estimate of drug-likeness (QED) is 0.132. The van der Waals surface area contributed by atoms with Crippen LogP contribution >= 0.6 is 50.1 Å². The van der Waals surface area contributed by atoms with Crippen molar-refractivity contribution in [1.29, 1.82) is 0 Å². The zero-order valence-corrected chi connectivity index (χ0v) is 34.4. The van der Waals surface area contributed by atoms with E-state index in [4.69, 9.17) is 11.6 Å². The van der Waals surface area contributed by atoms with Gasteiger partial charge in [0.15, 0.2) is 0 Å². The van der Waals surface area contributed by atoms with Gasteiger partial charge in [-0.2, -0.15) is 0 Å². The fraction of sp³-hybridized carbons (Fsp3) is 0.769. The summed E-state index contributed by atoms with van der Waals surface area (Å²) in [4.78, 5) is 33.6. The van der Waals surface area contributed by atoms with Gasteiger partial charge in [0.05, 0.1) is 5.38 Å². The number of ketones is 3. The maximum absolute atomic E-state index is 11.1. The second-order valence-corrected chi connectivity index (χ2v) is 19.2. The first-order valence-corrected chi connectivity index (χ1v) is 19.6. The van der Waals surface area contributed by atoms with Gasteiger partial charge in [-0.3, -0.25) is 0 Å². The molecule has 0 aromatic rings. The van der Waals surface area contributed by atoms with Crippen molar-refractivity contribution in [2.75, 3.05) is 0 Å². The number of hydrogen-bond acceptors (Lipinski definition) is 3. The molecule has 3 nitrogen and oxygen atoms in total. The second-order valence-electron chi connectivity index (χ2n) is 16.1. The largest absolute Gasteiger partial charge is 0.300 e. The van der Waals surface area contributed by atoms with Crippen molar-refractivity contribution in [2.24, 2.45) is 34.0 Å². The van der Waals surface area contributed by atoms with Gasteiger partial charge >= 0.3 is 0 Å². The molecule has 258 valence electrons. The molecule has 0 aromatic heterocycles. The second kappa shape index (κ2) is 18.5. The number of halogens is 3. The Morgan fingerprint density at radius 2 is 1.00 bits per heavy atom. The zero-order valence-electron chi connectivity index (χ0n) is 29.9. The summed E-state index contributed by atoms with van der Waals surface area (Å²) in [5.41, 5.74) is 4.65. The van der Waals surface area contributed by atoms with Crippen molar-refractivity contribution in [3.05, 3.63) is 36.5 Å². The highest BCUT2D eigenvalue weighted by Gasteiger charge is 2.40. The van der Waals surface area contributed by atoms with Crippen molar-refractivity contribution in [3.63, 3.8) is 0 Å². The topological polar surface area (TPSA) is 51.2 Å². The standard InChI is InChI=1S/C13H21BrO.C13H21ClO.C13H21IO/c3*1-9(15)5-6-11-10(2)12(14)7-8-13(11,3)4/h3*11-12H,2,5-8H2,1,3-4H3. The summed E-state index contributed by atoms with van der Waals surface area (Å²) in [6.45, 7) is 31.3. The van der Waals surface area contributed by atoms with Crippen LogP contribution in [0.4, 0.5) is 0 Å². The summed E-state index contributed by atoms with van der Waals surface area (Å²) < 4.78 is 0.604. The first-order chi connectivity index (χ1) is 20.5. The smallest absolute Gasteiger partial charge is 0.129 e. The van der Waals surface area contributed by atoms with Gasteiger partial charge < -0.3 is 14.4 Å². The summed E-state index contributed by atoms with van der Waals surface area (Å²) in [5.74, 6) is 2.26. The number of alkyl halides is 3. The van der Waals surface area contributed by atoms with E-state index < -0.39 is 0 Å². The molecule has 6 unspecified atom stereocenters. The Kier molecular flexibility index (Phi) is 17.6. The Bertz CT molecular complexity index is 941. The van der Waals surface area contributed by atoms with E-state index in [0.29, 0.717) is 62.4 Å². The summed E-state index contributed by atoms with van der Waals surface area (Å²) in [6, 6.07) is 0. The Labute approximate surface area is 303 Å². The molecule has 0 aliphatic heterocycles. The van der Waals surface area contributed by atoms with E-state index in [2.05, 4.69) is 99.8 Å². The first-order valence-electron chi connectivity index (χ1n) is 17.0. The van der Waals surface area contributed by atoms with Gasteiger partial charge in [0.2, 0.25) is 0 Å². The lowest BCUT2D eigenvalue weighted by molar-refractivity contribution is -0.118. The molecule has 3 aliphatic rings. The Hall–Kier alpha value is -0.270. The van der Waals surface area contributed by atoms with Crippen LogP contribution in [0.1, 0.15) is 139 Å². The summed E-state index contributed by atoms with van der Waals surface area (Å²) in [5, 5.41) is 0.106. The summed E-state index contributed by atoms with van der Waals surface area (Å²) >= 11 is 12.4. The lowest BCUT2D eigenvalue weighted by Gasteiger charge is -2.42. The van der Waals surface area contributed by atoms with E-state index in [1.54, 1.807) is 20.8 Å². The number of carbonyl (C=O) groups is 3. The molecule has 0 aromatic carbocycles. The zero-order chi connectivity index (χ0) is 34.9. The van der Waals surface area contributed by atoms with Crippen LogP contribution in [0.15, 0.2) is 36.5 Å². The fourth-order valence-corrected chi connectivity index (χ4v) is 9.06. The van der Waals surface area contributed by atoms with Crippen molar-refractivity contribution in [3.8, 4) is 0 Å². The van der Waals surface area contributed by atoms with Gasteiger partial charge in [-0.25, -0.2) is 0 Å². The van der Waals surface area contributed by atoms with E-state index in [0.717, 1.165) is 37.7 Å². The van der Waals surface area contributed by atoms with Crippen LogP contribution < -0.4 is 0 Å². The van der Waals surface area contributed by atoms with E-state index in [-0.39, 0.29) is 22.4 Å². The third-order valence-electron chi connectivity index (χ3n) is 10.9. The van der Waals surface area contributed by atoms with Crippen molar-refractivity contribution in [2.45, 2.75) is 153 Å². The van der Waals surface area contributed by atoms with Crippen LogP contribution in [-0.2, 0) is 14.4 Å². The molecule has 0 spiro atoms. The first kappa shape index (κ1) is 42.8. The molecule has 0 radical (unpaired) electrons. The molecule has 45 heavy (non-hydrogen) atoms. The third-order valence-corrected chi connectivity index (χ3v) is 13.8. The molecule has 3 rings (SSSR count). The average Bonchev–Trinajstić information content (AvgIpc) is 2.91. The molecule has 3 aliphatic carbocycles. The molecular formula is C39H63BrClIO3. The molecular weight excluding hydrogens is 759 g/mol. The minimum absolute atomic E-state index is 0.106. The predicted molar refractivity (Wildman–Crippen MR) is 207 cm³/mol. The lowest BCUT2D eigenvalue weighted by atomic mass is 9.65. The maximum Gasteiger partial charge on any atom is 0.129 e. The van der Waals surface area contributed by atoms with Crippen LogP contribution in [0, 0.1) is 34.0 Å². The molecule has 0 N–H and O–H groups in total. The van der Waals surface area contributed by atoms with Crippen molar-refractivity contribution < 1.29 is 14.4 Å². The Morgan fingerprint density at radius 1 is 0.667 bits per heavy atom. The molecule has 0 heterocycles. The van der Waals surface area contributed by atoms with E-state index in [1.165, 1.54) is 36.8 Å². The van der Waals surface area contributed by atoms with Gasteiger partial charge in [0, 0.05) is 28.0 Å². The minimum atomic E-state index is 0.106.